The molecule has 0 aliphatic carbocycles. The first kappa shape index (κ1) is 19.3. The molecule has 0 bridgehead atoms. The number of nitrogens with one attached hydrogen (secondary N) is 1. The van der Waals surface area contributed by atoms with E-state index in [0.29, 0.717) is 41.8 Å². The molecule has 0 atom stereocenters. The number of nitrogens with zero attached hydrogens (tertiary/aromatic N) is 2. The number of methoxy groups -OCH3 is 1. The quantitative estimate of drug-likeness (QED) is 0.683. The van der Waals surface area contributed by atoms with Crippen molar-refractivity contribution in [1.82, 2.24) is 4.98 Å². The predicted octanol–water partition coefficient (Wildman–Crippen LogP) is 3.89. The van der Waals surface area contributed by atoms with Gasteiger partial charge in [0.05, 0.1) is 30.6 Å². The number of ether oxygens (including phenoxy) is 2. The number of fused-ring (bicyclic) bond motifs is 1. The van der Waals surface area contributed by atoms with Crippen LogP contribution in [-0.4, -0.2) is 42.4 Å². The molecule has 0 saturated carbocycles. The van der Waals surface area contributed by atoms with Crippen LogP contribution in [0.25, 0.3) is 11.3 Å². The van der Waals surface area contributed by atoms with Crippen LogP contribution in [0.2, 0.25) is 0 Å². The number of hydrogen-bond acceptors (Lipinski definition) is 5. The van der Waals surface area contributed by atoms with Gasteiger partial charge in [0.1, 0.15) is 18.0 Å². The molecule has 2 N–H and O–H groups in total. The molecule has 2 heterocycles. The fourth-order valence-electron chi connectivity index (χ4n) is 3.18. The molecular weight excluding hydrogens is 386 g/mol. The number of carboxylic acids is 1. The van der Waals surface area contributed by atoms with Crippen LogP contribution in [0.3, 0.4) is 0 Å². The minimum atomic E-state index is -0.986. The molecule has 2 amide bonds. The summed E-state index contributed by atoms with van der Waals surface area (Å²) in [5.41, 5.74) is 2.70. The van der Waals surface area contributed by atoms with Crippen molar-refractivity contribution < 1.29 is 24.2 Å². The maximum Gasteiger partial charge on any atom is 0.335 e. The Morgan fingerprint density at radius 3 is 2.60 bits per heavy atom. The molecule has 2 aromatic carbocycles. The van der Waals surface area contributed by atoms with Gasteiger partial charge in [-0.1, -0.05) is 24.3 Å². The summed E-state index contributed by atoms with van der Waals surface area (Å²) in [5.74, 6) is -0.0752. The Bertz CT molecular complexity index is 1100. The highest BCUT2D eigenvalue weighted by Gasteiger charge is 2.26. The molecule has 1 aliphatic heterocycles. The summed E-state index contributed by atoms with van der Waals surface area (Å²) < 4.78 is 11.0. The Morgan fingerprint density at radius 1 is 1.10 bits per heavy atom. The topological polar surface area (TPSA) is 101 Å². The van der Waals surface area contributed by atoms with E-state index in [9.17, 15) is 9.59 Å². The van der Waals surface area contributed by atoms with Crippen molar-refractivity contribution in [3.8, 4) is 22.9 Å². The molecule has 0 spiro atoms. The fraction of sp³-hybridized carbons (Fsp3) is 0.136. The van der Waals surface area contributed by atoms with Gasteiger partial charge in [0.25, 0.3) is 0 Å². The van der Waals surface area contributed by atoms with Crippen molar-refractivity contribution in [3.63, 3.8) is 0 Å². The lowest BCUT2D eigenvalue weighted by Crippen LogP contribution is -2.41. The van der Waals surface area contributed by atoms with Crippen LogP contribution in [0.15, 0.2) is 60.7 Å². The number of urea groups is 1. The Hall–Kier alpha value is -4.07. The number of para-hydroxylation sites is 2. The third kappa shape index (κ3) is 3.75. The first-order valence-electron chi connectivity index (χ1n) is 9.26. The van der Waals surface area contributed by atoms with E-state index in [2.05, 4.69) is 10.3 Å². The number of hydrogen-bond donors (Lipinski definition) is 2. The van der Waals surface area contributed by atoms with Crippen molar-refractivity contribution >= 4 is 23.4 Å². The zero-order valence-electron chi connectivity index (χ0n) is 16.2. The lowest BCUT2D eigenvalue weighted by atomic mass is 10.1. The van der Waals surface area contributed by atoms with E-state index in [1.807, 2.05) is 12.1 Å². The van der Waals surface area contributed by atoms with Gasteiger partial charge in [-0.05, 0) is 36.4 Å². The maximum atomic E-state index is 12.9. The van der Waals surface area contributed by atoms with Crippen molar-refractivity contribution in [1.29, 1.82) is 0 Å². The van der Waals surface area contributed by atoms with Crippen LogP contribution in [0, 0.1) is 0 Å². The minimum absolute atomic E-state index is 0.201. The molecule has 3 aromatic rings. The third-order valence-corrected chi connectivity index (χ3v) is 4.71. The van der Waals surface area contributed by atoms with Gasteiger partial charge in [-0.25, -0.2) is 14.6 Å². The summed E-state index contributed by atoms with van der Waals surface area (Å²) in [6, 6.07) is 16.8. The van der Waals surface area contributed by atoms with Gasteiger partial charge in [0.15, 0.2) is 0 Å². The smallest absolute Gasteiger partial charge is 0.335 e. The summed E-state index contributed by atoms with van der Waals surface area (Å²) in [6.45, 7) is 0.684. The Kier molecular flexibility index (Phi) is 5.21. The summed E-state index contributed by atoms with van der Waals surface area (Å²) >= 11 is 0. The average molecular weight is 405 g/mol. The molecule has 8 nitrogen and oxygen atoms in total. The number of benzene rings is 2. The largest absolute Gasteiger partial charge is 0.495 e. The number of aromatic carboxylic acids is 1. The van der Waals surface area contributed by atoms with E-state index in [1.165, 1.54) is 12.1 Å². The monoisotopic (exact) mass is 405 g/mol. The van der Waals surface area contributed by atoms with E-state index < -0.39 is 5.97 Å². The molecule has 0 saturated heterocycles. The molecule has 0 fully saturated rings. The van der Waals surface area contributed by atoms with Gasteiger partial charge in [-0.2, -0.15) is 0 Å². The Labute approximate surface area is 172 Å². The second-order valence-electron chi connectivity index (χ2n) is 6.53. The van der Waals surface area contributed by atoms with Gasteiger partial charge >= 0.3 is 12.0 Å². The van der Waals surface area contributed by atoms with Crippen LogP contribution in [0.4, 0.5) is 16.2 Å². The van der Waals surface area contributed by atoms with E-state index >= 15 is 0 Å². The second-order valence-corrected chi connectivity index (χ2v) is 6.53. The number of rotatable bonds is 4. The summed E-state index contributed by atoms with van der Waals surface area (Å²) in [6.07, 6.45) is 0. The van der Waals surface area contributed by atoms with E-state index in [0.717, 1.165) is 5.56 Å². The molecule has 4 rings (SSSR count). The van der Waals surface area contributed by atoms with Gasteiger partial charge in [-0.15, -0.1) is 0 Å². The van der Waals surface area contributed by atoms with E-state index in [-0.39, 0.29) is 11.6 Å². The lowest BCUT2D eigenvalue weighted by molar-refractivity contribution is 0.0697. The second kappa shape index (κ2) is 8.12. The molecule has 1 aromatic heterocycles. The first-order valence-corrected chi connectivity index (χ1v) is 9.26. The lowest BCUT2D eigenvalue weighted by Gasteiger charge is -2.29. The standard InChI is InChI=1S/C22H19N3O5/c1-29-19-5-3-2-4-17(19)24-22(28)25-12-13-30-20-18(25)11-10-16(23-20)14-6-8-15(9-7-14)21(26)27/h2-11H,12-13H2,1H3,(H,24,28)(H,26,27). The highest BCUT2D eigenvalue weighted by atomic mass is 16.5. The number of carboxylic acid groups (broad SMARTS) is 1. The molecule has 30 heavy (non-hydrogen) atoms. The highest BCUT2D eigenvalue weighted by Crippen LogP contribution is 2.33. The van der Waals surface area contributed by atoms with Crippen LogP contribution in [0.1, 0.15) is 10.4 Å². The normalized spacial score (nSPS) is 12.5. The maximum absolute atomic E-state index is 12.9. The molecule has 1 aliphatic rings. The van der Waals surface area contributed by atoms with E-state index in [1.54, 1.807) is 48.4 Å². The zero-order chi connectivity index (χ0) is 21.1. The predicted molar refractivity (Wildman–Crippen MR) is 111 cm³/mol. The molecule has 8 heteroatoms. The summed E-state index contributed by atoms with van der Waals surface area (Å²) in [4.78, 5) is 30.0. The zero-order valence-corrected chi connectivity index (χ0v) is 16.2. The number of aromatic nitrogens is 1. The van der Waals surface area contributed by atoms with Crippen molar-refractivity contribution in [2.24, 2.45) is 0 Å². The number of anilines is 2. The van der Waals surface area contributed by atoms with Crippen molar-refractivity contribution in [2.45, 2.75) is 0 Å². The van der Waals surface area contributed by atoms with Crippen LogP contribution in [0.5, 0.6) is 11.6 Å². The van der Waals surface area contributed by atoms with Gasteiger partial charge in [0.2, 0.25) is 5.88 Å². The number of pyridine rings is 1. The average Bonchev–Trinajstić information content (AvgIpc) is 2.78. The SMILES string of the molecule is COc1ccccc1NC(=O)N1CCOc2nc(-c3ccc(C(=O)O)cc3)ccc21. The van der Waals surface area contributed by atoms with Crippen LogP contribution < -0.4 is 19.7 Å². The summed E-state index contributed by atoms with van der Waals surface area (Å²) in [7, 11) is 1.55. The molecule has 0 unspecified atom stereocenters. The molecule has 152 valence electrons. The third-order valence-electron chi connectivity index (χ3n) is 4.71. The Balaban J connectivity index is 1.58. The van der Waals surface area contributed by atoms with Gasteiger partial charge in [0, 0.05) is 5.56 Å². The van der Waals surface area contributed by atoms with Crippen molar-refractivity contribution in [3.05, 3.63) is 66.2 Å². The van der Waals surface area contributed by atoms with Crippen LogP contribution in [-0.2, 0) is 0 Å². The number of carbonyl (C=O) groups is 2. The minimum Gasteiger partial charge on any atom is -0.495 e. The fourth-order valence-corrected chi connectivity index (χ4v) is 3.18. The molecule has 0 radical (unpaired) electrons. The van der Waals surface area contributed by atoms with Crippen LogP contribution >= 0.6 is 0 Å². The highest BCUT2D eigenvalue weighted by molar-refractivity contribution is 6.03. The summed E-state index contributed by atoms with van der Waals surface area (Å²) in [5, 5.41) is 11.9. The first-order chi connectivity index (χ1) is 14.6. The van der Waals surface area contributed by atoms with Crippen molar-refractivity contribution in [2.75, 3.05) is 30.5 Å². The number of amides is 2. The van der Waals surface area contributed by atoms with Gasteiger partial charge < -0.3 is 19.9 Å². The van der Waals surface area contributed by atoms with E-state index in [4.69, 9.17) is 14.6 Å². The number of carbonyl (C=O) groups excluding carboxylic acids is 1. The molecular formula is C22H19N3O5. The van der Waals surface area contributed by atoms with Gasteiger partial charge in [-0.3, -0.25) is 4.90 Å². The Morgan fingerprint density at radius 2 is 1.87 bits per heavy atom.